The first-order valence-electron chi connectivity index (χ1n) is 8.48. The molecule has 24 heavy (non-hydrogen) atoms. The molecule has 2 aliphatic rings. The number of pyridine rings is 1. The molecule has 4 rings (SSSR count). The maximum absolute atomic E-state index is 12.8. The van der Waals surface area contributed by atoms with E-state index in [2.05, 4.69) is 6.07 Å². The Bertz CT molecular complexity index is 853. The van der Waals surface area contributed by atoms with Gasteiger partial charge in [0.1, 0.15) is 11.1 Å². The number of fused-ring (bicyclic) bond motifs is 2. The van der Waals surface area contributed by atoms with Crippen molar-refractivity contribution in [2.24, 2.45) is 0 Å². The fourth-order valence-electron chi connectivity index (χ4n) is 3.60. The standard InChI is InChI=1S/C20H18N2OS/c21-12-15-11-14-6-2-4-8-17(14)22-20(15)24-18-10-9-13-5-1-3-7-16(13)19(18)23/h1,3,5,7,11,18H,2,4,6,8-10H2. The summed E-state index contributed by atoms with van der Waals surface area (Å²) < 4.78 is 0. The maximum atomic E-state index is 12.8. The third-order valence-corrected chi connectivity index (χ3v) is 6.16. The number of nitrogens with zero attached hydrogens (tertiary/aromatic N) is 2. The Morgan fingerprint density at radius 1 is 1.12 bits per heavy atom. The van der Waals surface area contributed by atoms with Crippen LogP contribution in [-0.4, -0.2) is 16.0 Å². The van der Waals surface area contributed by atoms with Gasteiger partial charge in [0, 0.05) is 11.3 Å². The van der Waals surface area contributed by atoms with Crippen molar-refractivity contribution in [3.8, 4) is 6.07 Å². The smallest absolute Gasteiger partial charge is 0.176 e. The summed E-state index contributed by atoms with van der Waals surface area (Å²) in [6, 6.07) is 12.1. The van der Waals surface area contributed by atoms with Gasteiger partial charge in [0.25, 0.3) is 0 Å². The van der Waals surface area contributed by atoms with Crippen molar-refractivity contribution in [2.45, 2.75) is 48.8 Å². The average molecular weight is 334 g/mol. The molecule has 3 nitrogen and oxygen atoms in total. The monoisotopic (exact) mass is 334 g/mol. The van der Waals surface area contributed by atoms with Crippen LogP contribution in [0.25, 0.3) is 0 Å². The van der Waals surface area contributed by atoms with Crippen LogP contribution >= 0.6 is 11.8 Å². The molecule has 1 unspecified atom stereocenters. The molecule has 0 saturated heterocycles. The number of hydrogen-bond donors (Lipinski definition) is 0. The molecule has 0 fully saturated rings. The van der Waals surface area contributed by atoms with Gasteiger partial charge in [-0.3, -0.25) is 4.79 Å². The molecule has 0 saturated carbocycles. The molecule has 2 aromatic rings. The molecule has 1 heterocycles. The van der Waals surface area contributed by atoms with Crippen LogP contribution in [0.3, 0.4) is 0 Å². The predicted molar refractivity (Wildman–Crippen MR) is 94.3 cm³/mol. The van der Waals surface area contributed by atoms with E-state index in [1.54, 1.807) is 0 Å². The number of nitriles is 1. The Morgan fingerprint density at radius 2 is 1.96 bits per heavy atom. The van der Waals surface area contributed by atoms with Crippen LogP contribution in [0.5, 0.6) is 0 Å². The van der Waals surface area contributed by atoms with Crippen molar-refractivity contribution < 1.29 is 4.79 Å². The van der Waals surface area contributed by atoms with Crippen molar-refractivity contribution >= 4 is 17.5 Å². The molecule has 1 aromatic heterocycles. The fraction of sp³-hybridized carbons (Fsp3) is 0.350. The largest absolute Gasteiger partial charge is 0.293 e. The van der Waals surface area contributed by atoms with Gasteiger partial charge in [0.2, 0.25) is 0 Å². The summed E-state index contributed by atoms with van der Waals surface area (Å²) in [7, 11) is 0. The molecular weight excluding hydrogens is 316 g/mol. The van der Waals surface area contributed by atoms with E-state index in [9.17, 15) is 10.1 Å². The molecule has 4 heteroatoms. The van der Waals surface area contributed by atoms with E-state index >= 15 is 0 Å². The topological polar surface area (TPSA) is 53.8 Å². The highest BCUT2D eigenvalue weighted by molar-refractivity contribution is 8.00. The van der Waals surface area contributed by atoms with Crippen LogP contribution in [-0.2, 0) is 19.3 Å². The second kappa shape index (κ2) is 6.41. The normalized spacial score (nSPS) is 19.3. The van der Waals surface area contributed by atoms with Crippen molar-refractivity contribution in [1.82, 2.24) is 4.98 Å². The first-order valence-corrected chi connectivity index (χ1v) is 9.36. The summed E-state index contributed by atoms with van der Waals surface area (Å²) >= 11 is 1.48. The second-order valence-corrected chi connectivity index (χ2v) is 7.62. The zero-order valence-corrected chi connectivity index (χ0v) is 14.2. The van der Waals surface area contributed by atoms with Crippen LogP contribution in [0.1, 0.15) is 52.0 Å². The summed E-state index contributed by atoms with van der Waals surface area (Å²) in [6.07, 6.45) is 6.04. The van der Waals surface area contributed by atoms with E-state index in [-0.39, 0.29) is 11.0 Å². The molecule has 0 spiro atoms. The third kappa shape index (κ3) is 2.74. The first kappa shape index (κ1) is 15.4. The maximum Gasteiger partial charge on any atom is 0.176 e. The van der Waals surface area contributed by atoms with Crippen LogP contribution < -0.4 is 0 Å². The Labute approximate surface area is 146 Å². The van der Waals surface area contributed by atoms with Crippen LogP contribution in [0.15, 0.2) is 35.4 Å². The van der Waals surface area contributed by atoms with E-state index < -0.39 is 0 Å². The van der Waals surface area contributed by atoms with Gasteiger partial charge in [-0.2, -0.15) is 5.26 Å². The van der Waals surface area contributed by atoms with Crippen LogP contribution in [0.4, 0.5) is 0 Å². The highest BCUT2D eigenvalue weighted by Crippen LogP contribution is 2.35. The van der Waals surface area contributed by atoms with Gasteiger partial charge >= 0.3 is 0 Å². The number of rotatable bonds is 2. The van der Waals surface area contributed by atoms with Crippen LogP contribution in [0.2, 0.25) is 0 Å². The molecule has 0 N–H and O–H groups in total. The third-order valence-electron chi connectivity index (χ3n) is 4.89. The van der Waals surface area contributed by atoms with Gasteiger partial charge in [-0.15, -0.1) is 0 Å². The Hall–Kier alpha value is -2.12. The number of aromatic nitrogens is 1. The zero-order chi connectivity index (χ0) is 16.5. The molecule has 0 bridgehead atoms. The number of carbonyl (C=O) groups excluding carboxylic acids is 1. The summed E-state index contributed by atoms with van der Waals surface area (Å²) in [5.74, 6) is 0.172. The van der Waals surface area contributed by atoms with Gasteiger partial charge in [-0.05, 0) is 55.7 Å². The number of aryl methyl sites for hydroxylation is 3. The van der Waals surface area contributed by atoms with E-state index in [0.717, 1.165) is 54.0 Å². The molecule has 1 atom stereocenters. The predicted octanol–water partition coefficient (Wildman–Crippen LogP) is 4.12. The van der Waals surface area contributed by atoms with Crippen molar-refractivity contribution in [1.29, 1.82) is 5.26 Å². The molecule has 2 aliphatic carbocycles. The SMILES string of the molecule is N#Cc1cc2c(nc1SC1CCc3ccccc3C1=O)CCCC2. The lowest BCUT2D eigenvalue weighted by Gasteiger charge is -2.23. The lowest BCUT2D eigenvalue weighted by molar-refractivity contribution is 0.0979. The van der Waals surface area contributed by atoms with Gasteiger partial charge in [-0.25, -0.2) is 4.98 Å². The summed E-state index contributed by atoms with van der Waals surface area (Å²) in [4.78, 5) is 17.5. The lowest BCUT2D eigenvalue weighted by Crippen LogP contribution is -2.25. The molecule has 120 valence electrons. The lowest BCUT2D eigenvalue weighted by atomic mass is 9.90. The number of Topliss-reactive ketones (excluding diaryl/α,β-unsaturated/α-hetero) is 1. The Kier molecular flexibility index (Phi) is 4.12. The second-order valence-electron chi connectivity index (χ2n) is 6.43. The number of hydrogen-bond acceptors (Lipinski definition) is 4. The van der Waals surface area contributed by atoms with Gasteiger partial charge < -0.3 is 0 Å². The van der Waals surface area contributed by atoms with Crippen LogP contribution in [0, 0.1) is 11.3 Å². The molecule has 0 radical (unpaired) electrons. The molecule has 1 aromatic carbocycles. The number of thioether (sulfide) groups is 1. The van der Waals surface area contributed by atoms with E-state index in [0.29, 0.717) is 5.56 Å². The van der Waals surface area contributed by atoms with Gasteiger partial charge in [0.05, 0.1) is 10.8 Å². The minimum atomic E-state index is -0.138. The van der Waals surface area contributed by atoms with E-state index in [1.165, 1.54) is 23.7 Å². The average Bonchev–Trinajstić information content (AvgIpc) is 2.63. The quantitative estimate of drug-likeness (QED) is 0.829. The molecule has 0 aliphatic heterocycles. The highest BCUT2D eigenvalue weighted by atomic mass is 32.2. The summed E-state index contributed by atoms with van der Waals surface area (Å²) in [5, 5.41) is 10.1. The minimum absolute atomic E-state index is 0.138. The summed E-state index contributed by atoms with van der Waals surface area (Å²) in [5.41, 5.74) is 4.91. The molecular formula is C20H18N2OS. The van der Waals surface area contributed by atoms with Gasteiger partial charge in [0.15, 0.2) is 5.78 Å². The number of benzene rings is 1. The van der Waals surface area contributed by atoms with Crippen molar-refractivity contribution in [3.05, 3.63) is 58.3 Å². The summed E-state index contributed by atoms with van der Waals surface area (Å²) in [6.45, 7) is 0. The number of carbonyl (C=O) groups is 1. The molecule has 0 amide bonds. The van der Waals surface area contributed by atoms with E-state index in [4.69, 9.17) is 4.98 Å². The first-order chi connectivity index (χ1) is 11.8. The Balaban J connectivity index is 1.64. The zero-order valence-electron chi connectivity index (χ0n) is 13.4. The minimum Gasteiger partial charge on any atom is -0.293 e. The van der Waals surface area contributed by atoms with Gasteiger partial charge in [-0.1, -0.05) is 36.0 Å². The van der Waals surface area contributed by atoms with Crippen molar-refractivity contribution in [2.75, 3.05) is 0 Å². The van der Waals surface area contributed by atoms with Crippen molar-refractivity contribution in [3.63, 3.8) is 0 Å². The number of ketones is 1. The Morgan fingerprint density at radius 3 is 2.83 bits per heavy atom. The highest BCUT2D eigenvalue weighted by Gasteiger charge is 2.29. The van der Waals surface area contributed by atoms with E-state index in [1.807, 2.05) is 30.3 Å². The fourth-order valence-corrected chi connectivity index (χ4v) is 4.74.